The molecule has 0 radical (unpaired) electrons. The summed E-state index contributed by atoms with van der Waals surface area (Å²) in [6, 6.07) is 9.79. The zero-order chi connectivity index (χ0) is 18.3. The van der Waals surface area contributed by atoms with Gasteiger partial charge in [-0.2, -0.15) is 0 Å². The first-order chi connectivity index (χ1) is 12.6. The summed E-state index contributed by atoms with van der Waals surface area (Å²) in [6.45, 7) is 0. The maximum atomic E-state index is 13.8. The lowest BCUT2D eigenvalue weighted by Crippen LogP contribution is -2.27. The van der Waals surface area contributed by atoms with Crippen LogP contribution in [0, 0.1) is 5.82 Å². The van der Waals surface area contributed by atoms with E-state index in [2.05, 4.69) is 15.5 Å². The van der Waals surface area contributed by atoms with Gasteiger partial charge >= 0.3 is 0 Å². The molecule has 3 aromatic rings. The van der Waals surface area contributed by atoms with Crippen LogP contribution in [0.5, 0.6) is 5.75 Å². The lowest BCUT2D eigenvalue weighted by atomic mass is 10.00. The highest BCUT2D eigenvalue weighted by Gasteiger charge is 2.26. The molecule has 0 aliphatic heterocycles. The molecule has 3 N–H and O–H groups in total. The number of fused-ring (bicyclic) bond motifs is 1. The summed E-state index contributed by atoms with van der Waals surface area (Å²) in [5.41, 5.74) is 8.21. The molecule has 0 spiro atoms. The molecule has 0 unspecified atom stereocenters. The molecule has 1 fully saturated rings. The lowest BCUT2D eigenvalue weighted by molar-refractivity contribution is 0.0946. The Balaban J connectivity index is 1.86. The number of hydrogen-bond donors (Lipinski definition) is 2. The molecular weight excluding hydrogens is 335 g/mol. The molecule has 1 aliphatic carbocycles. The Morgan fingerprint density at radius 1 is 1.23 bits per heavy atom. The predicted molar refractivity (Wildman–Crippen MR) is 96.4 cm³/mol. The molecule has 1 saturated carbocycles. The number of nitrogen functional groups attached to an aromatic ring is 1. The van der Waals surface area contributed by atoms with E-state index in [9.17, 15) is 9.18 Å². The van der Waals surface area contributed by atoms with Gasteiger partial charge < -0.3 is 15.8 Å². The maximum absolute atomic E-state index is 13.8. The number of carbonyl (C=O) groups is 1. The average Bonchev–Trinajstić information content (AvgIpc) is 3.45. The van der Waals surface area contributed by atoms with Crippen molar-refractivity contribution in [3.05, 3.63) is 47.9 Å². The summed E-state index contributed by atoms with van der Waals surface area (Å²) in [4.78, 5) is 12.3. The van der Waals surface area contributed by atoms with Crippen LogP contribution >= 0.6 is 0 Å². The van der Waals surface area contributed by atoms with E-state index < -0.39 is 0 Å². The van der Waals surface area contributed by atoms with Crippen molar-refractivity contribution >= 4 is 22.5 Å². The molecule has 0 bridgehead atoms. The van der Waals surface area contributed by atoms with Gasteiger partial charge in [0.2, 0.25) is 0 Å². The third-order valence-corrected chi connectivity index (χ3v) is 4.41. The molecule has 2 aromatic carbocycles. The Hall–Kier alpha value is -3.22. The number of hydrogen-bond acceptors (Lipinski definition) is 5. The third-order valence-electron chi connectivity index (χ3n) is 4.41. The van der Waals surface area contributed by atoms with Crippen LogP contribution in [-0.4, -0.2) is 29.3 Å². The zero-order valence-corrected chi connectivity index (χ0v) is 14.1. The molecule has 1 amide bonds. The molecule has 132 valence electrons. The van der Waals surface area contributed by atoms with E-state index in [1.54, 1.807) is 24.3 Å². The Kier molecular flexibility index (Phi) is 3.91. The number of nitrogens with one attached hydrogen (secondary N) is 1. The van der Waals surface area contributed by atoms with Crippen LogP contribution in [-0.2, 0) is 0 Å². The molecule has 26 heavy (non-hydrogen) atoms. The number of rotatable bonds is 4. The number of methoxy groups -OCH3 is 1. The molecule has 1 aromatic heterocycles. The van der Waals surface area contributed by atoms with Gasteiger partial charge in [-0.1, -0.05) is 18.2 Å². The quantitative estimate of drug-likeness (QED) is 0.753. The summed E-state index contributed by atoms with van der Waals surface area (Å²) in [7, 11) is 1.52. The largest absolute Gasteiger partial charge is 0.496 e. The van der Waals surface area contributed by atoms with Crippen molar-refractivity contribution < 1.29 is 13.9 Å². The second-order valence-corrected chi connectivity index (χ2v) is 6.26. The van der Waals surface area contributed by atoms with Gasteiger partial charge in [0.05, 0.1) is 12.8 Å². The van der Waals surface area contributed by atoms with E-state index >= 15 is 0 Å². The Labute approximate surface area is 149 Å². The summed E-state index contributed by atoms with van der Waals surface area (Å²) >= 11 is 0. The van der Waals surface area contributed by atoms with Gasteiger partial charge in [-0.15, -0.1) is 10.2 Å². The molecule has 1 heterocycles. The molecule has 0 atom stereocenters. The fourth-order valence-electron chi connectivity index (χ4n) is 2.91. The predicted octanol–water partition coefficient (Wildman–Crippen LogP) is 2.92. The lowest BCUT2D eigenvalue weighted by Gasteiger charge is -2.13. The molecule has 0 saturated heterocycles. The number of benzene rings is 2. The van der Waals surface area contributed by atoms with Crippen LogP contribution in [0.3, 0.4) is 0 Å². The summed E-state index contributed by atoms with van der Waals surface area (Å²) in [5.74, 6) is -0.206. The summed E-state index contributed by atoms with van der Waals surface area (Å²) in [6.07, 6.45) is 1.94. The van der Waals surface area contributed by atoms with Crippen molar-refractivity contribution in [1.82, 2.24) is 15.5 Å². The fourth-order valence-corrected chi connectivity index (χ4v) is 2.91. The monoisotopic (exact) mass is 352 g/mol. The first-order valence-corrected chi connectivity index (χ1v) is 8.28. The first kappa shape index (κ1) is 16.3. The minimum absolute atomic E-state index is 0.104. The second-order valence-electron chi connectivity index (χ2n) is 6.26. The zero-order valence-electron chi connectivity index (χ0n) is 14.1. The van der Waals surface area contributed by atoms with Crippen LogP contribution in [0.2, 0.25) is 0 Å². The van der Waals surface area contributed by atoms with Crippen LogP contribution < -0.4 is 15.8 Å². The van der Waals surface area contributed by atoms with Gasteiger partial charge in [-0.25, -0.2) is 4.39 Å². The molecule has 4 rings (SSSR count). The van der Waals surface area contributed by atoms with Crippen molar-refractivity contribution in [3.8, 4) is 16.9 Å². The van der Waals surface area contributed by atoms with Gasteiger partial charge in [0.15, 0.2) is 5.69 Å². The van der Waals surface area contributed by atoms with E-state index in [0.29, 0.717) is 27.8 Å². The van der Waals surface area contributed by atoms with E-state index in [-0.39, 0.29) is 29.1 Å². The van der Waals surface area contributed by atoms with Crippen LogP contribution in [0.4, 0.5) is 10.1 Å². The number of amides is 1. The Bertz CT molecular complexity index is 1020. The SMILES string of the molecule is COc1ccc(F)cc1-c1cccc2c(N)c(C(=O)NC3CC3)nnc12. The Morgan fingerprint density at radius 3 is 2.77 bits per heavy atom. The summed E-state index contributed by atoms with van der Waals surface area (Å²) < 4.78 is 19.1. The van der Waals surface area contributed by atoms with E-state index in [1.807, 2.05) is 0 Å². The highest BCUT2D eigenvalue weighted by atomic mass is 19.1. The van der Waals surface area contributed by atoms with Crippen LogP contribution in [0.15, 0.2) is 36.4 Å². The smallest absolute Gasteiger partial charge is 0.274 e. The molecule has 6 nitrogen and oxygen atoms in total. The van der Waals surface area contributed by atoms with Gasteiger partial charge in [0, 0.05) is 22.6 Å². The van der Waals surface area contributed by atoms with E-state index in [1.165, 1.54) is 19.2 Å². The van der Waals surface area contributed by atoms with Crippen molar-refractivity contribution in [2.75, 3.05) is 12.8 Å². The van der Waals surface area contributed by atoms with Gasteiger partial charge in [-0.05, 0) is 31.0 Å². The van der Waals surface area contributed by atoms with Gasteiger partial charge in [-0.3, -0.25) is 4.79 Å². The topological polar surface area (TPSA) is 90.1 Å². The van der Waals surface area contributed by atoms with Gasteiger partial charge in [0.25, 0.3) is 5.91 Å². The standard InChI is InChI=1S/C19H17FN4O2/c1-26-15-8-5-10(20)9-14(15)12-3-2-4-13-16(21)18(24-23-17(12)13)19(25)22-11-6-7-11/h2-5,8-9,11H,6-7H2,1H3,(H2,21,23)(H,22,25). The number of ether oxygens (including phenoxy) is 1. The van der Waals surface area contributed by atoms with Crippen molar-refractivity contribution in [3.63, 3.8) is 0 Å². The number of nitrogens with zero attached hydrogens (tertiary/aromatic N) is 2. The van der Waals surface area contributed by atoms with E-state index in [0.717, 1.165) is 12.8 Å². The fraction of sp³-hybridized carbons (Fsp3) is 0.211. The van der Waals surface area contributed by atoms with Crippen LogP contribution in [0.25, 0.3) is 22.0 Å². The minimum atomic E-state index is -0.390. The van der Waals surface area contributed by atoms with Gasteiger partial charge in [0.1, 0.15) is 17.1 Å². The molecular formula is C19H17FN4O2. The normalized spacial score (nSPS) is 13.6. The first-order valence-electron chi connectivity index (χ1n) is 8.28. The number of anilines is 1. The minimum Gasteiger partial charge on any atom is -0.496 e. The second kappa shape index (κ2) is 6.25. The van der Waals surface area contributed by atoms with Crippen molar-refractivity contribution in [2.24, 2.45) is 0 Å². The highest BCUT2D eigenvalue weighted by Crippen LogP contribution is 2.36. The molecule has 1 aliphatic rings. The molecule has 7 heteroatoms. The Morgan fingerprint density at radius 2 is 2.04 bits per heavy atom. The highest BCUT2D eigenvalue weighted by molar-refractivity contribution is 6.07. The maximum Gasteiger partial charge on any atom is 0.274 e. The number of halogens is 1. The van der Waals surface area contributed by atoms with Crippen molar-refractivity contribution in [2.45, 2.75) is 18.9 Å². The number of aromatic nitrogens is 2. The average molecular weight is 352 g/mol. The van der Waals surface area contributed by atoms with E-state index in [4.69, 9.17) is 10.5 Å². The number of nitrogens with two attached hydrogens (primary N) is 1. The summed E-state index contributed by atoms with van der Waals surface area (Å²) in [5, 5.41) is 11.7. The van der Waals surface area contributed by atoms with Crippen LogP contribution in [0.1, 0.15) is 23.3 Å². The number of carbonyl (C=O) groups excluding carboxylic acids is 1. The third kappa shape index (κ3) is 2.81. The van der Waals surface area contributed by atoms with Crippen molar-refractivity contribution in [1.29, 1.82) is 0 Å².